The predicted octanol–water partition coefficient (Wildman–Crippen LogP) is 3.58. The van der Waals surface area contributed by atoms with Gasteiger partial charge in [-0.2, -0.15) is 0 Å². The van der Waals surface area contributed by atoms with Crippen molar-refractivity contribution in [3.05, 3.63) is 35.9 Å². The van der Waals surface area contributed by atoms with Gasteiger partial charge in [0.25, 0.3) is 0 Å². The van der Waals surface area contributed by atoms with Crippen LogP contribution in [-0.2, 0) is 20.3 Å². The Morgan fingerprint density at radius 2 is 1.95 bits per heavy atom. The highest BCUT2D eigenvalue weighted by atomic mass is 31.2. The van der Waals surface area contributed by atoms with Crippen molar-refractivity contribution in [2.75, 3.05) is 6.16 Å². The molecule has 2 atom stereocenters. The fourth-order valence-corrected chi connectivity index (χ4v) is 3.08. The summed E-state index contributed by atoms with van der Waals surface area (Å²) in [5, 5.41) is 0. The van der Waals surface area contributed by atoms with E-state index < -0.39 is 7.60 Å². The van der Waals surface area contributed by atoms with Crippen LogP contribution in [-0.4, -0.2) is 22.9 Å². The Balaban J connectivity index is 2.31. The Kier molecular flexibility index (Phi) is 7.14. The molecule has 1 aromatic rings. The molecular weight excluding hydrogens is 275 g/mol. The Morgan fingerprint density at radius 1 is 1.30 bits per heavy atom. The van der Waals surface area contributed by atoms with E-state index >= 15 is 0 Å². The summed E-state index contributed by atoms with van der Waals surface area (Å²) >= 11 is 0. The van der Waals surface area contributed by atoms with Crippen LogP contribution in [0.2, 0.25) is 0 Å². The Labute approximate surface area is 120 Å². The van der Waals surface area contributed by atoms with E-state index in [-0.39, 0.29) is 24.5 Å². The van der Waals surface area contributed by atoms with E-state index in [1.54, 1.807) is 6.92 Å². The first-order chi connectivity index (χ1) is 9.43. The third-order valence-corrected chi connectivity index (χ3v) is 4.61. The Morgan fingerprint density at radius 3 is 2.55 bits per heavy atom. The van der Waals surface area contributed by atoms with Gasteiger partial charge in [0.05, 0.1) is 12.3 Å². The normalized spacial score (nSPS) is 15.6. The standard InChI is InChI=1S/C15H23O4P/c1-3-13(2)19-20(17,18)12-11-15(16)10-9-14-7-5-4-6-8-14/h4-8,13H,3,9-12H2,1-2H3,(H,17,18). The summed E-state index contributed by atoms with van der Waals surface area (Å²) < 4.78 is 16.8. The smallest absolute Gasteiger partial charge is 0.324 e. The van der Waals surface area contributed by atoms with Gasteiger partial charge < -0.3 is 9.42 Å². The molecular formula is C15H23O4P. The van der Waals surface area contributed by atoms with Crippen molar-refractivity contribution in [2.24, 2.45) is 0 Å². The molecule has 0 fully saturated rings. The van der Waals surface area contributed by atoms with Gasteiger partial charge in [0.1, 0.15) is 5.78 Å². The number of Topliss-reactive ketones (excluding diaryl/α,β-unsaturated/α-hetero) is 1. The van der Waals surface area contributed by atoms with Crippen molar-refractivity contribution in [1.82, 2.24) is 0 Å². The first-order valence-electron chi connectivity index (χ1n) is 6.99. The van der Waals surface area contributed by atoms with E-state index in [0.29, 0.717) is 19.3 Å². The fourth-order valence-electron chi connectivity index (χ4n) is 1.73. The zero-order chi connectivity index (χ0) is 15.0. The molecule has 1 N–H and O–H groups in total. The zero-order valence-electron chi connectivity index (χ0n) is 12.1. The molecule has 2 unspecified atom stereocenters. The number of hydrogen-bond acceptors (Lipinski definition) is 3. The van der Waals surface area contributed by atoms with Crippen LogP contribution in [0.15, 0.2) is 30.3 Å². The second-order valence-electron chi connectivity index (χ2n) is 4.96. The summed E-state index contributed by atoms with van der Waals surface area (Å²) in [5.74, 6) is -0.00382. The molecule has 112 valence electrons. The molecule has 1 rings (SSSR count). The van der Waals surface area contributed by atoms with Crippen LogP contribution in [0, 0.1) is 0 Å². The highest BCUT2D eigenvalue weighted by Crippen LogP contribution is 2.44. The van der Waals surface area contributed by atoms with E-state index in [2.05, 4.69) is 0 Å². The van der Waals surface area contributed by atoms with Gasteiger partial charge in [0.2, 0.25) is 0 Å². The van der Waals surface area contributed by atoms with E-state index in [4.69, 9.17) is 4.52 Å². The minimum absolute atomic E-state index is 0.00382. The zero-order valence-corrected chi connectivity index (χ0v) is 13.0. The van der Waals surface area contributed by atoms with Crippen LogP contribution in [0.3, 0.4) is 0 Å². The van der Waals surface area contributed by atoms with E-state index in [0.717, 1.165) is 5.56 Å². The van der Waals surface area contributed by atoms with Gasteiger partial charge in [-0.05, 0) is 25.3 Å². The van der Waals surface area contributed by atoms with Gasteiger partial charge in [-0.15, -0.1) is 0 Å². The van der Waals surface area contributed by atoms with E-state index in [1.165, 1.54) is 0 Å². The molecule has 20 heavy (non-hydrogen) atoms. The lowest BCUT2D eigenvalue weighted by Gasteiger charge is -2.16. The van der Waals surface area contributed by atoms with Crippen molar-refractivity contribution >= 4 is 13.4 Å². The predicted molar refractivity (Wildman–Crippen MR) is 79.9 cm³/mol. The first-order valence-corrected chi connectivity index (χ1v) is 8.75. The molecule has 0 aliphatic rings. The number of ketones is 1. The lowest BCUT2D eigenvalue weighted by Crippen LogP contribution is -2.09. The van der Waals surface area contributed by atoms with Crippen LogP contribution in [0.25, 0.3) is 0 Å². The molecule has 0 radical (unpaired) electrons. The third-order valence-electron chi connectivity index (χ3n) is 3.13. The van der Waals surface area contributed by atoms with Gasteiger partial charge in [-0.1, -0.05) is 37.3 Å². The van der Waals surface area contributed by atoms with Crippen LogP contribution < -0.4 is 0 Å². The molecule has 0 aliphatic carbocycles. The molecule has 0 aliphatic heterocycles. The SMILES string of the molecule is CCC(C)OP(=O)(O)CCC(=O)CCc1ccccc1. The van der Waals surface area contributed by atoms with Gasteiger partial charge in [0, 0.05) is 12.8 Å². The summed E-state index contributed by atoms with van der Waals surface area (Å²) in [7, 11) is -3.64. The summed E-state index contributed by atoms with van der Waals surface area (Å²) in [6, 6.07) is 9.73. The molecule has 4 nitrogen and oxygen atoms in total. The van der Waals surface area contributed by atoms with Crippen molar-refractivity contribution in [3.63, 3.8) is 0 Å². The summed E-state index contributed by atoms with van der Waals surface area (Å²) in [6.07, 6.45) is 1.48. The molecule has 0 saturated heterocycles. The summed E-state index contributed by atoms with van der Waals surface area (Å²) in [4.78, 5) is 21.4. The monoisotopic (exact) mass is 298 g/mol. The average Bonchev–Trinajstić information content (AvgIpc) is 2.43. The van der Waals surface area contributed by atoms with E-state index in [1.807, 2.05) is 37.3 Å². The lowest BCUT2D eigenvalue weighted by molar-refractivity contribution is -0.118. The first kappa shape index (κ1) is 17.1. The maximum atomic E-state index is 11.7. The average molecular weight is 298 g/mol. The second kappa shape index (κ2) is 8.35. The van der Waals surface area contributed by atoms with Gasteiger partial charge in [-0.3, -0.25) is 9.36 Å². The summed E-state index contributed by atoms with van der Waals surface area (Å²) in [5.41, 5.74) is 1.10. The van der Waals surface area contributed by atoms with Crippen molar-refractivity contribution in [1.29, 1.82) is 0 Å². The molecule has 0 bridgehead atoms. The quantitative estimate of drug-likeness (QED) is 0.708. The van der Waals surface area contributed by atoms with Crippen molar-refractivity contribution in [2.45, 2.75) is 45.6 Å². The van der Waals surface area contributed by atoms with Crippen LogP contribution in [0.1, 0.15) is 38.7 Å². The lowest BCUT2D eigenvalue weighted by atomic mass is 10.1. The Bertz CT molecular complexity index is 458. The molecule has 1 aromatic carbocycles. The topological polar surface area (TPSA) is 63.6 Å². The largest absolute Gasteiger partial charge is 0.328 e. The number of rotatable bonds is 9. The third kappa shape index (κ3) is 6.99. The van der Waals surface area contributed by atoms with Crippen molar-refractivity contribution < 1.29 is 18.8 Å². The number of carbonyl (C=O) groups excluding carboxylic acids is 1. The molecule has 0 aromatic heterocycles. The number of benzene rings is 1. The molecule has 0 amide bonds. The van der Waals surface area contributed by atoms with Gasteiger partial charge in [0.15, 0.2) is 0 Å². The molecule has 0 saturated carbocycles. The minimum atomic E-state index is -3.64. The van der Waals surface area contributed by atoms with E-state index in [9.17, 15) is 14.3 Å². The van der Waals surface area contributed by atoms with Gasteiger partial charge >= 0.3 is 7.60 Å². The maximum Gasteiger partial charge on any atom is 0.328 e. The molecule has 0 spiro atoms. The molecule has 0 heterocycles. The maximum absolute atomic E-state index is 11.7. The number of carbonyl (C=O) groups is 1. The minimum Gasteiger partial charge on any atom is -0.324 e. The van der Waals surface area contributed by atoms with Crippen LogP contribution in [0.4, 0.5) is 0 Å². The van der Waals surface area contributed by atoms with Crippen LogP contribution >= 0.6 is 7.60 Å². The molecule has 5 heteroatoms. The van der Waals surface area contributed by atoms with Gasteiger partial charge in [-0.25, -0.2) is 0 Å². The second-order valence-corrected chi connectivity index (χ2v) is 6.89. The van der Waals surface area contributed by atoms with Crippen LogP contribution in [0.5, 0.6) is 0 Å². The fraction of sp³-hybridized carbons (Fsp3) is 0.533. The highest BCUT2D eigenvalue weighted by molar-refractivity contribution is 7.52. The van der Waals surface area contributed by atoms with Crippen molar-refractivity contribution in [3.8, 4) is 0 Å². The Hall–Kier alpha value is -0.960. The highest BCUT2D eigenvalue weighted by Gasteiger charge is 2.23. The summed E-state index contributed by atoms with van der Waals surface area (Å²) in [6.45, 7) is 3.63. The number of aryl methyl sites for hydroxylation is 1. The number of hydrogen-bond donors (Lipinski definition) is 1.